The van der Waals surface area contributed by atoms with Gasteiger partial charge in [-0.15, -0.1) is 0 Å². The van der Waals surface area contributed by atoms with Crippen LogP contribution in [0.3, 0.4) is 0 Å². The summed E-state index contributed by atoms with van der Waals surface area (Å²) in [5.74, 6) is -0.881. The fourth-order valence-electron chi connectivity index (χ4n) is 1.43. The molecule has 0 unspecified atom stereocenters. The topological polar surface area (TPSA) is 25.2 Å². The molecule has 0 aliphatic carbocycles. The third-order valence-electron chi connectivity index (χ3n) is 2.24. The molecular weight excluding hydrogens is 292 g/mol. The van der Waals surface area contributed by atoms with Crippen molar-refractivity contribution in [3.05, 3.63) is 58.0 Å². The first-order chi connectivity index (χ1) is 8.15. The van der Waals surface area contributed by atoms with Crippen molar-refractivity contribution >= 4 is 15.9 Å². The van der Waals surface area contributed by atoms with E-state index in [1.54, 1.807) is 12.1 Å². The third kappa shape index (κ3) is 3.38. The molecule has 0 amide bonds. The van der Waals surface area contributed by atoms with Crippen LogP contribution >= 0.6 is 15.9 Å². The Hall–Kier alpha value is -1.20. The van der Waals surface area contributed by atoms with Crippen LogP contribution in [0.5, 0.6) is 0 Å². The number of hydrogen-bond donors (Lipinski definition) is 1. The molecule has 1 aromatic carbocycles. The summed E-state index contributed by atoms with van der Waals surface area (Å²) in [4.78, 5) is 0. The van der Waals surface area contributed by atoms with Crippen LogP contribution < -0.4 is 5.32 Å². The molecule has 0 atom stereocenters. The summed E-state index contributed by atoms with van der Waals surface area (Å²) in [5, 5.41) is 3.07. The molecule has 1 aromatic heterocycles. The van der Waals surface area contributed by atoms with Crippen LogP contribution in [0.4, 0.5) is 8.78 Å². The normalized spacial score (nSPS) is 10.8. The van der Waals surface area contributed by atoms with Crippen molar-refractivity contribution < 1.29 is 13.2 Å². The van der Waals surface area contributed by atoms with E-state index in [4.69, 9.17) is 4.42 Å². The lowest BCUT2D eigenvalue weighted by atomic mass is 10.2. The fraction of sp³-hybridized carbons (Fsp3) is 0.167. The smallest absolute Gasteiger partial charge is 0.169 e. The van der Waals surface area contributed by atoms with Gasteiger partial charge in [-0.05, 0) is 45.8 Å². The highest BCUT2D eigenvalue weighted by Crippen LogP contribution is 2.14. The highest BCUT2D eigenvalue weighted by Gasteiger charge is 2.03. The molecule has 5 heteroatoms. The lowest BCUT2D eigenvalue weighted by Gasteiger charge is -2.03. The quantitative estimate of drug-likeness (QED) is 0.933. The van der Waals surface area contributed by atoms with E-state index in [0.717, 1.165) is 11.8 Å². The summed E-state index contributed by atoms with van der Waals surface area (Å²) < 4.78 is 31.5. The minimum Gasteiger partial charge on any atom is -0.453 e. The molecule has 2 rings (SSSR count). The van der Waals surface area contributed by atoms with E-state index in [2.05, 4.69) is 21.2 Å². The van der Waals surface area contributed by atoms with Gasteiger partial charge in [0.25, 0.3) is 0 Å². The Morgan fingerprint density at radius 1 is 1.06 bits per heavy atom. The lowest BCUT2D eigenvalue weighted by molar-refractivity contribution is 0.464. The maximum absolute atomic E-state index is 12.9. The molecule has 17 heavy (non-hydrogen) atoms. The van der Waals surface area contributed by atoms with Crippen LogP contribution in [0.15, 0.2) is 39.4 Å². The van der Waals surface area contributed by atoms with Gasteiger partial charge in [-0.1, -0.05) is 6.07 Å². The van der Waals surface area contributed by atoms with Gasteiger partial charge in [-0.2, -0.15) is 0 Å². The van der Waals surface area contributed by atoms with Gasteiger partial charge in [0.1, 0.15) is 5.76 Å². The SMILES string of the molecule is Fc1ccc(CNCc2ccc(Br)o2)cc1F. The van der Waals surface area contributed by atoms with Gasteiger partial charge in [0.15, 0.2) is 16.3 Å². The second-order valence-corrected chi connectivity index (χ2v) is 4.34. The van der Waals surface area contributed by atoms with Crippen LogP contribution in [0.1, 0.15) is 11.3 Å². The first-order valence-corrected chi connectivity index (χ1v) is 5.83. The zero-order chi connectivity index (χ0) is 12.3. The van der Waals surface area contributed by atoms with E-state index in [-0.39, 0.29) is 0 Å². The van der Waals surface area contributed by atoms with Crippen molar-refractivity contribution in [2.75, 3.05) is 0 Å². The predicted molar refractivity (Wildman–Crippen MR) is 63.3 cm³/mol. The highest BCUT2D eigenvalue weighted by atomic mass is 79.9. The monoisotopic (exact) mass is 301 g/mol. The fourth-order valence-corrected chi connectivity index (χ4v) is 1.77. The molecule has 0 aliphatic heterocycles. The molecule has 0 aliphatic rings. The maximum Gasteiger partial charge on any atom is 0.169 e. The first kappa shape index (κ1) is 12.3. The van der Waals surface area contributed by atoms with Crippen molar-refractivity contribution in [2.24, 2.45) is 0 Å². The molecule has 1 heterocycles. The Labute approximate surface area is 106 Å². The van der Waals surface area contributed by atoms with Crippen molar-refractivity contribution in [1.82, 2.24) is 5.32 Å². The van der Waals surface area contributed by atoms with E-state index in [1.807, 2.05) is 6.07 Å². The number of benzene rings is 1. The lowest BCUT2D eigenvalue weighted by Crippen LogP contribution is -2.12. The van der Waals surface area contributed by atoms with Gasteiger partial charge in [0.05, 0.1) is 6.54 Å². The van der Waals surface area contributed by atoms with Crippen molar-refractivity contribution in [3.63, 3.8) is 0 Å². The van der Waals surface area contributed by atoms with E-state index in [1.165, 1.54) is 6.07 Å². The molecule has 0 fully saturated rings. The predicted octanol–water partition coefficient (Wildman–Crippen LogP) is 3.61. The Kier molecular flexibility index (Phi) is 3.91. The molecule has 0 saturated heterocycles. The van der Waals surface area contributed by atoms with Crippen LogP contribution in [0.2, 0.25) is 0 Å². The molecule has 2 nitrogen and oxygen atoms in total. The van der Waals surface area contributed by atoms with E-state index >= 15 is 0 Å². The second-order valence-electron chi connectivity index (χ2n) is 3.56. The maximum atomic E-state index is 12.9. The van der Waals surface area contributed by atoms with Crippen LogP contribution in [-0.4, -0.2) is 0 Å². The standard InChI is InChI=1S/C12H10BrF2NO/c13-12-4-2-9(17-12)7-16-6-8-1-3-10(14)11(15)5-8/h1-5,16H,6-7H2. The number of rotatable bonds is 4. The molecule has 0 bridgehead atoms. The average molecular weight is 302 g/mol. The number of furan rings is 1. The molecule has 0 spiro atoms. The van der Waals surface area contributed by atoms with Crippen LogP contribution in [0.25, 0.3) is 0 Å². The molecule has 2 aromatic rings. The van der Waals surface area contributed by atoms with Crippen molar-refractivity contribution in [3.8, 4) is 0 Å². The average Bonchev–Trinajstić information content (AvgIpc) is 2.70. The molecule has 0 saturated carbocycles. The second kappa shape index (κ2) is 5.42. The van der Waals surface area contributed by atoms with Crippen molar-refractivity contribution in [1.29, 1.82) is 0 Å². The molecule has 90 valence electrons. The highest BCUT2D eigenvalue weighted by molar-refractivity contribution is 9.10. The number of halogens is 3. The minimum atomic E-state index is -0.830. The summed E-state index contributed by atoms with van der Waals surface area (Å²) in [6.07, 6.45) is 0. The summed E-state index contributed by atoms with van der Waals surface area (Å²) in [6, 6.07) is 7.48. The van der Waals surface area contributed by atoms with Gasteiger partial charge in [-0.25, -0.2) is 8.78 Å². The summed E-state index contributed by atoms with van der Waals surface area (Å²) in [7, 11) is 0. The summed E-state index contributed by atoms with van der Waals surface area (Å²) in [5.41, 5.74) is 0.689. The summed E-state index contributed by atoms with van der Waals surface area (Å²) in [6.45, 7) is 0.986. The van der Waals surface area contributed by atoms with E-state index in [9.17, 15) is 8.78 Å². The van der Waals surface area contributed by atoms with Gasteiger partial charge < -0.3 is 9.73 Å². The number of hydrogen-bond acceptors (Lipinski definition) is 2. The van der Waals surface area contributed by atoms with Crippen LogP contribution in [-0.2, 0) is 13.1 Å². The largest absolute Gasteiger partial charge is 0.453 e. The Morgan fingerprint density at radius 2 is 1.88 bits per heavy atom. The van der Waals surface area contributed by atoms with E-state index in [0.29, 0.717) is 23.3 Å². The van der Waals surface area contributed by atoms with Crippen LogP contribution in [0, 0.1) is 11.6 Å². The Morgan fingerprint density at radius 3 is 2.53 bits per heavy atom. The van der Waals surface area contributed by atoms with Gasteiger partial charge in [-0.3, -0.25) is 0 Å². The van der Waals surface area contributed by atoms with Gasteiger partial charge in [0, 0.05) is 6.54 Å². The molecular formula is C12H10BrF2NO. The zero-order valence-electron chi connectivity index (χ0n) is 8.84. The summed E-state index contributed by atoms with van der Waals surface area (Å²) >= 11 is 3.20. The van der Waals surface area contributed by atoms with Crippen molar-refractivity contribution in [2.45, 2.75) is 13.1 Å². The number of nitrogens with one attached hydrogen (secondary N) is 1. The van der Waals surface area contributed by atoms with E-state index < -0.39 is 11.6 Å². The Balaban J connectivity index is 1.87. The molecule has 0 radical (unpaired) electrons. The molecule has 1 N–H and O–H groups in total. The van der Waals surface area contributed by atoms with Gasteiger partial charge in [0.2, 0.25) is 0 Å². The minimum absolute atomic E-state index is 0.454. The third-order valence-corrected chi connectivity index (χ3v) is 2.67. The zero-order valence-corrected chi connectivity index (χ0v) is 10.4. The Bertz CT molecular complexity index is 513. The first-order valence-electron chi connectivity index (χ1n) is 5.04. The van der Waals surface area contributed by atoms with Gasteiger partial charge >= 0.3 is 0 Å².